The Morgan fingerprint density at radius 2 is 2.44 bits per heavy atom. The van der Waals surface area contributed by atoms with Gasteiger partial charge in [-0.05, 0) is 19.9 Å². The van der Waals surface area contributed by atoms with E-state index in [9.17, 15) is 4.79 Å². The molecule has 1 amide bonds. The molecule has 6 nitrogen and oxygen atoms in total. The molecule has 0 bridgehead atoms. The maximum Gasteiger partial charge on any atom is 0.254 e. The Kier molecular flexibility index (Phi) is 4.94. The average Bonchev–Trinajstić information content (AvgIpc) is 2.65. The van der Waals surface area contributed by atoms with Gasteiger partial charge in [-0.25, -0.2) is 0 Å². The number of rotatable bonds is 6. The molecule has 0 aliphatic heterocycles. The van der Waals surface area contributed by atoms with E-state index in [0.717, 1.165) is 18.7 Å². The number of hydrogen-bond acceptors (Lipinski definition) is 4. The van der Waals surface area contributed by atoms with E-state index < -0.39 is 0 Å². The van der Waals surface area contributed by atoms with Crippen LogP contribution in [0.2, 0.25) is 0 Å². The van der Waals surface area contributed by atoms with Crippen molar-refractivity contribution in [3.8, 4) is 0 Å². The number of aromatic nitrogens is 2. The number of carbonyl (C=O) groups excluding carboxylic acids is 1. The Morgan fingerprint density at radius 3 is 3.06 bits per heavy atom. The summed E-state index contributed by atoms with van der Waals surface area (Å²) in [5.74, 6) is -0.203. The summed E-state index contributed by atoms with van der Waals surface area (Å²) < 4.78 is 1.76. The number of aliphatic hydroxyl groups excluding tert-OH is 1. The highest BCUT2D eigenvalue weighted by Crippen LogP contribution is 2.07. The first-order valence-corrected chi connectivity index (χ1v) is 5.32. The molecule has 90 valence electrons. The summed E-state index contributed by atoms with van der Waals surface area (Å²) in [6, 6.07) is 0. The van der Waals surface area contributed by atoms with E-state index in [4.69, 9.17) is 10.8 Å². The first-order valence-electron chi connectivity index (χ1n) is 5.32. The van der Waals surface area contributed by atoms with Crippen LogP contribution in [0.3, 0.4) is 0 Å². The number of nitrogens with two attached hydrogens (primary N) is 1. The highest BCUT2D eigenvalue weighted by atomic mass is 16.3. The monoisotopic (exact) mass is 226 g/mol. The van der Waals surface area contributed by atoms with Gasteiger partial charge in [-0.15, -0.1) is 0 Å². The zero-order valence-electron chi connectivity index (χ0n) is 9.44. The molecule has 0 atom stereocenters. The lowest BCUT2D eigenvalue weighted by Gasteiger charge is -2.04. The van der Waals surface area contributed by atoms with Crippen LogP contribution in [0.15, 0.2) is 6.20 Å². The molecule has 0 fully saturated rings. The van der Waals surface area contributed by atoms with E-state index in [2.05, 4.69) is 10.4 Å². The smallest absolute Gasteiger partial charge is 0.254 e. The number of aryl methyl sites for hydroxylation is 1. The van der Waals surface area contributed by atoms with Crippen LogP contribution in [-0.4, -0.2) is 40.5 Å². The van der Waals surface area contributed by atoms with E-state index in [0.29, 0.717) is 12.1 Å². The number of amides is 1. The van der Waals surface area contributed by atoms with Crippen molar-refractivity contribution >= 4 is 5.91 Å². The van der Waals surface area contributed by atoms with Gasteiger partial charge >= 0.3 is 0 Å². The lowest BCUT2D eigenvalue weighted by Crippen LogP contribution is -2.26. The van der Waals surface area contributed by atoms with Crippen LogP contribution < -0.4 is 11.1 Å². The second kappa shape index (κ2) is 6.24. The van der Waals surface area contributed by atoms with Crippen molar-refractivity contribution in [2.45, 2.75) is 19.9 Å². The molecule has 6 heteroatoms. The largest absolute Gasteiger partial charge is 0.395 e. The molecular weight excluding hydrogens is 208 g/mol. The summed E-state index contributed by atoms with van der Waals surface area (Å²) in [4.78, 5) is 11.6. The van der Waals surface area contributed by atoms with Gasteiger partial charge in [-0.2, -0.15) is 5.10 Å². The van der Waals surface area contributed by atoms with E-state index in [-0.39, 0.29) is 19.1 Å². The maximum absolute atomic E-state index is 11.6. The molecule has 0 aliphatic rings. The van der Waals surface area contributed by atoms with Gasteiger partial charge in [0.1, 0.15) is 0 Å². The van der Waals surface area contributed by atoms with E-state index in [1.807, 2.05) is 6.92 Å². The van der Waals surface area contributed by atoms with Gasteiger partial charge in [0.25, 0.3) is 5.91 Å². The Morgan fingerprint density at radius 1 is 1.69 bits per heavy atom. The molecule has 1 aromatic rings. The van der Waals surface area contributed by atoms with Gasteiger partial charge in [0.2, 0.25) is 0 Å². The van der Waals surface area contributed by atoms with Gasteiger partial charge in [0.05, 0.1) is 18.4 Å². The van der Waals surface area contributed by atoms with Crippen molar-refractivity contribution in [2.75, 3.05) is 19.7 Å². The zero-order chi connectivity index (χ0) is 12.0. The first-order chi connectivity index (χ1) is 7.70. The Bertz CT molecular complexity index is 349. The van der Waals surface area contributed by atoms with Crippen LogP contribution in [0.25, 0.3) is 0 Å². The number of nitrogens with zero attached hydrogens (tertiary/aromatic N) is 2. The van der Waals surface area contributed by atoms with Crippen molar-refractivity contribution < 1.29 is 9.90 Å². The third kappa shape index (κ3) is 3.04. The second-order valence-electron chi connectivity index (χ2n) is 3.49. The molecule has 0 saturated carbocycles. The summed E-state index contributed by atoms with van der Waals surface area (Å²) in [5, 5.41) is 15.3. The van der Waals surface area contributed by atoms with Crippen molar-refractivity contribution in [2.24, 2.45) is 5.73 Å². The summed E-state index contributed by atoms with van der Waals surface area (Å²) >= 11 is 0. The Hall–Kier alpha value is -1.40. The molecule has 16 heavy (non-hydrogen) atoms. The highest BCUT2D eigenvalue weighted by molar-refractivity contribution is 5.94. The van der Waals surface area contributed by atoms with Crippen LogP contribution in [0.1, 0.15) is 22.5 Å². The minimum absolute atomic E-state index is 0.0634. The van der Waals surface area contributed by atoms with Crippen LogP contribution in [-0.2, 0) is 6.54 Å². The van der Waals surface area contributed by atoms with E-state index in [1.165, 1.54) is 0 Å². The fraction of sp³-hybridized carbons (Fsp3) is 0.600. The van der Waals surface area contributed by atoms with Crippen LogP contribution in [0, 0.1) is 6.92 Å². The Labute approximate surface area is 94.4 Å². The topological polar surface area (TPSA) is 93.2 Å². The minimum Gasteiger partial charge on any atom is -0.395 e. The Balaban J connectivity index is 2.67. The van der Waals surface area contributed by atoms with E-state index >= 15 is 0 Å². The van der Waals surface area contributed by atoms with Gasteiger partial charge in [0, 0.05) is 18.8 Å². The second-order valence-corrected chi connectivity index (χ2v) is 3.49. The lowest BCUT2D eigenvalue weighted by molar-refractivity contribution is 0.0944. The number of carbonyl (C=O) groups is 1. The van der Waals surface area contributed by atoms with Crippen molar-refractivity contribution in [3.63, 3.8) is 0 Å². The van der Waals surface area contributed by atoms with Crippen molar-refractivity contribution in [1.82, 2.24) is 15.1 Å². The fourth-order valence-electron chi connectivity index (χ4n) is 1.40. The molecule has 0 radical (unpaired) electrons. The number of aliphatic hydroxyl groups is 1. The number of nitrogens with one attached hydrogen (secondary N) is 1. The molecule has 1 rings (SSSR count). The molecular formula is C10H18N4O2. The number of hydrogen-bond donors (Lipinski definition) is 3. The summed E-state index contributed by atoms with van der Waals surface area (Å²) in [6.45, 7) is 3.36. The summed E-state index contributed by atoms with van der Waals surface area (Å²) in [7, 11) is 0. The predicted molar refractivity (Wildman–Crippen MR) is 60.1 cm³/mol. The molecule has 0 spiro atoms. The molecule has 0 aliphatic carbocycles. The zero-order valence-corrected chi connectivity index (χ0v) is 9.44. The fourth-order valence-corrected chi connectivity index (χ4v) is 1.40. The van der Waals surface area contributed by atoms with Crippen LogP contribution >= 0.6 is 0 Å². The first kappa shape index (κ1) is 12.7. The standard InChI is InChI=1S/C10H18N4O2/c1-8-9(10(16)12-4-6-15)7-13-14(8)5-2-3-11/h7,15H,2-6,11H2,1H3,(H,12,16). The molecule has 0 unspecified atom stereocenters. The van der Waals surface area contributed by atoms with Gasteiger partial charge in [-0.1, -0.05) is 0 Å². The quantitative estimate of drug-likeness (QED) is 0.595. The SMILES string of the molecule is Cc1c(C(=O)NCCO)cnn1CCCN. The van der Waals surface area contributed by atoms with Crippen molar-refractivity contribution in [1.29, 1.82) is 0 Å². The van der Waals surface area contributed by atoms with Crippen molar-refractivity contribution in [3.05, 3.63) is 17.5 Å². The van der Waals surface area contributed by atoms with E-state index in [1.54, 1.807) is 10.9 Å². The lowest BCUT2D eigenvalue weighted by atomic mass is 10.2. The molecule has 0 saturated heterocycles. The summed E-state index contributed by atoms with van der Waals surface area (Å²) in [5.41, 5.74) is 6.78. The molecule has 0 aromatic carbocycles. The van der Waals surface area contributed by atoms with Gasteiger partial charge in [0.15, 0.2) is 0 Å². The van der Waals surface area contributed by atoms with Crippen LogP contribution in [0.5, 0.6) is 0 Å². The average molecular weight is 226 g/mol. The third-order valence-electron chi connectivity index (χ3n) is 2.32. The normalized spacial score (nSPS) is 10.4. The predicted octanol–water partition coefficient (Wildman–Crippen LogP) is -0.738. The highest BCUT2D eigenvalue weighted by Gasteiger charge is 2.12. The van der Waals surface area contributed by atoms with Gasteiger partial charge < -0.3 is 16.2 Å². The van der Waals surface area contributed by atoms with Gasteiger partial charge in [-0.3, -0.25) is 9.48 Å². The molecule has 1 aromatic heterocycles. The molecule has 1 heterocycles. The summed E-state index contributed by atoms with van der Waals surface area (Å²) in [6.07, 6.45) is 2.37. The molecule has 4 N–H and O–H groups in total. The van der Waals surface area contributed by atoms with Crippen LogP contribution in [0.4, 0.5) is 0 Å². The minimum atomic E-state index is -0.203. The third-order valence-corrected chi connectivity index (χ3v) is 2.32. The maximum atomic E-state index is 11.6.